The molecule has 1 aromatic rings. The topological polar surface area (TPSA) is 45.4 Å². The van der Waals surface area contributed by atoms with Gasteiger partial charge in [-0.05, 0) is 13.0 Å². The molecule has 2 unspecified atom stereocenters. The first-order valence-electron chi connectivity index (χ1n) is 4.52. The van der Waals surface area contributed by atoms with Crippen molar-refractivity contribution in [2.75, 3.05) is 0 Å². The van der Waals surface area contributed by atoms with Crippen LogP contribution in [0.2, 0.25) is 0 Å². The van der Waals surface area contributed by atoms with Crippen LogP contribution in [0.25, 0.3) is 0 Å². The maximum Gasteiger partial charge on any atom is 0.300 e. The third-order valence-corrected chi connectivity index (χ3v) is 2.81. The lowest BCUT2D eigenvalue weighted by molar-refractivity contribution is 0.138. The molecule has 0 aromatic heterocycles. The number of hydrogen-bond donors (Lipinski definition) is 0. The molecule has 0 aliphatic carbocycles. The Balaban J connectivity index is 2.20. The molecule has 2 heterocycles. The molecule has 3 rings (SSSR count). The average molecular weight is 184 g/mol. The summed E-state index contributed by atoms with van der Waals surface area (Å²) in [7, 11) is 0. The number of rotatable bonds is 0. The SMILES string of the molecule is CC1=NC2(C#N)Oc3ccccc3C12. The highest BCUT2D eigenvalue weighted by atomic mass is 16.5. The second kappa shape index (κ2) is 2.16. The van der Waals surface area contributed by atoms with E-state index in [1.807, 2.05) is 31.2 Å². The van der Waals surface area contributed by atoms with Gasteiger partial charge in [-0.25, -0.2) is 4.99 Å². The van der Waals surface area contributed by atoms with E-state index >= 15 is 0 Å². The van der Waals surface area contributed by atoms with Crippen molar-refractivity contribution in [2.45, 2.75) is 18.6 Å². The molecule has 3 heteroatoms. The summed E-state index contributed by atoms with van der Waals surface area (Å²) < 4.78 is 5.56. The summed E-state index contributed by atoms with van der Waals surface area (Å²) in [5, 5.41) is 9.05. The fourth-order valence-corrected chi connectivity index (χ4v) is 2.22. The minimum absolute atomic E-state index is 0.0451. The fourth-order valence-electron chi connectivity index (χ4n) is 2.22. The van der Waals surface area contributed by atoms with E-state index in [2.05, 4.69) is 11.1 Å². The van der Waals surface area contributed by atoms with Crippen LogP contribution < -0.4 is 4.74 Å². The molecule has 0 radical (unpaired) electrons. The van der Waals surface area contributed by atoms with Crippen molar-refractivity contribution in [3.05, 3.63) is 29.8 Å². The number of hydrogen-bond acceptors (Lipinski definition) is 3. The smallest absolute Gasteiger partial charge is 0.300 e. The number of ether oxygens (including phenoxy) is 1. The number of para-hydroxylation sites is 1. The van der Waals surface area contributed by atoms with Gasteiger partial charge in [0.1, 0.15) is 17.7 Å². The lowest BCUT2D eigenvalue weighted by atomic mass is 9.82. The molecule has 0 fully saturated rings. The van der Waals surface area contributed by atoms with Crippen molar-refractivity contribution in [2.24, 2.45) is 4.99 Å². The molecule has 1 aromatic carbocycles. The average Bonchev–Trinajstić information content (AvgIpc) is 2.45. The summed E-state index contributed by atoms with van der Waals surface area (Å²) in [5.41, 5.74) is 1.12. The lowest BCUT2D eigenvalue weighted by Gasteiger charge is -2.32. The zero-order valence-corrected chi connectivity index (χ0v) is 7.69. The van der Waals surface area contributed by atoms with Crippen LogP contribution in [0, 0.1) is 11.3 Å². The van der Waals surface area contributed by atoms with Crippen LogP contribution in [0.5, 0.6) is 5.75 Å². The Kier molecular flexibility index (Phi) is 1.17. The van der Waals surface area contributed by atoms with Crippen molar-refractivity contribution in [1.82, 2.24) is 0 Å². The third kappa shape index (κ3) is 0.655. The van der Waals surface area contributed by atoms with Crippen molar-refractivity contribution in [1.29, 1.82) is 5.26 Å². The Morgan fingerprint density at radius 3 is 3.00 bits per heavy atom. The Morgan fingerprint density at radius 1 is 1.50 bits per heavy atom. The molecule has 0 saturated heterocycles. The number of aliphatic imine (C=N–C) groups is 1. The van der Waals surface area contributed by atoms with Gasteiger partial charge in [0.15, 0.2) is 0 Å². The Hall–Kier alpha value is -1.82. The predicted octanol–water partition coefficient (Wildman–Crippen LogP) is 1.86. The van der Waals surface area contributed by atoms with Gasteiger partial charge in [0.25, 0.3) is 5.72 Å². The van der Waals surface area contributed by atoms with Gasteiger partial charge >= 0.3 is 0 Å². The summed E-state index contributed by atoms with van der Waals surface area (Å²) in [4.78, 5) is 4.18. The van der Waals surface area contributed by atoms with E-state index in [1.54, 1.807) is 0 Å². The first kappa shape index (κ1) is 7.57. The van der Waals surface area contributed by atoms with Gasteiger partial charge in [0.2, 0.25) is 0 Å². The molecule has 0 bridgehead atoms. The highest BCUT2D eigenvalue weighted by Gasteiger charge is 2.57. The van der Waals surface area contributed by atoms with Gasteiger partial charge < -0.3 is 4.74 Å². The fraction of sp³-hybridized carbons (Fsp3) is 0.273. The molecule has 2 aliphatic rings. The maximum atomic E-state index is 9.05. The van der Waals surface area contributed by atoms with E-state index in [1.165, 1.54) is 0 Å². The van der Waals surface area contributed by atoms with Crippen molar-refractivity contribution in [3.63, 3.8) is 0 Å². The minimum Gasteiger partial charge on any atom is -0.452 e. The Labute approximate surface area is 81.6 Å². The van der Waals surface area contributed by atoms with E-state index in [0.717, 1.165) is 17.0 Å². The summed E-state index contributed by atoms with van der Waals surface area (Å²) in [6.07, 6.45) is 0. The van der Waals surface area contributed by atoms with E-state index in [4.69, 9.17) is 10.00 Å². The van der Waals surface area contributed by atoms with Crippen LogP contribution in [-0.2, 0) is 0 Å². The van der Waals surface area contributed by atoms with Crippen LogP contribution in [0.1, 0.15) is 18.4 Å². The summed E-state index contributed by atoms with van der Waals surface area (Å²) >= 11 is 0. The molecule has 2 aliphatic heterocycles. The lowest BCUT2D eigenvalue weighted by Crippen LogP contribution is -2.46. The Morgan fingerprint density at radius 2 is 2.29 bits per heavy atom. The van der Waals surface area contributed by atoms with Crippen LogP contribution in [-0.4, -0.2) is 11.4 Å². The molecule has 0 spiro atoms. The van der Waals surface area contributed by atoms with Gasteiger partial charge in [-0.1, -0.05) is 18.2 Å². The van der Waals surface area contributed by atoms with Crippen LogP contribution in [0.4, 0.5) is 0 Å². The van der Waals surface area contributed by atoms with Crippen LogP contribution >= 0.6 is 0 Å². The number of nitrogens with zero attached hydrogens (tertiary/aromatic N) is 2. The molecule has 3 nitrogen and oxygen atoms in total. The number of benzene rings is 1. The minimum atomic E-state index is -0.951. The van der Waals surface area contributed by atoms with Crippen LogP contribution in [0.15, 0.2) is 29.3 Å². The normalized spacial score (nSPS) is 31.7. The Bertz CT molecular complexity index is 486. The second-order valence-corrected chi connectivity index (χ2v) is 3.63. The zero-order chi connectivity index (χ0) is 9.76. The molecular weight excluding hydrogens is 176 g/mol. The van der Waals surface area contributed by atoms with E-state index < -0.39 is 5.72 Å². The number of nitriles is 1. The summed E-state index contributed by atoms with van der Waals surface area (Å²) in [6, 6.07) is 9.89. The van der Waals surface area contributed by atoms with E-state index in [0.29, 0.717) is 0 Å². The van der Waals surface area contributed by atoms with E-state index in [9.17, 15) is 0 Å². The van der Waals surface area contributed by atoms with Crippen molar-refractivity contribution in [3.8, 4) is 11.8 Å². The van der Waals surface area contributed by atoms with Gasteiger partial charge in [-0.15, -0.1) is 0 Å². The van der Waals surface area contributed by atoms with E-state index in [-0.39, 0.29) is 5.92 Å². The van der Waals surface area contributed by atoms with Crippen LogP contribution in [0.3, 0.4) is 0 Å². The summed E-state index contributed by atoms with van der Waals surface area (Å²) in [6.45, 7) is 1.94. The first-order chi connectivity index (χ1) is 6.77. The molecule has 2 atom stereocenters. The highest BCUT2D eigenvalue weighted by molar-refractivity contribution is 5.98. The standard InChI is InChI=1S/C11H8N2O/c1-7-10-8-4-2-3-5-9(8)14-11(10,6-12)13-7/h2-5,10H,1H3. The van der Waals surface area contributed by atoms with Gasteiger partial charge in [-0.3, -0.25) is 0 Å². The van der Waals surface area contributed by atoms with Gasteiger partial charge in [0, 0.05) is 11.3 Å². The quantitative estimate of drug-likeness (QED) is 0.617. The molecule has 0 saturated carbocycles. The third-order valence-electron chi connectivity index (χ3n) is 2.81. The maximum absolute atomic E-state index is 9.05. The largest absolute Gasteiger partial charge is 0.452 e. The van der Waals surface area contributed by atoms with Gasteiger partial charge in [0.05, 0.1) is 0 Å². The monoisotopic (exact) mass is 184 g/mol. The summed E-state index contributed by atoms with van der Waals surface area (Å²) in [5.74, 6) is 0.836. The molecular formula is C11H8N2O. The molecule has 0 N–H and O–H groups in total. The highest BCUT2D eigenvalue weighted by Crippen LogP contribution is 2.51. The number of fused-ring (bicyclic) bond motifs is 3. The van der Waals surface area contributed by atoms with Gasteiger partial charge in [-0.2, -0.15) is 5.26 Å². The van der Waals surface area contributed by atoms with Crippen molar-refractivity contribution >= 4 is 5.71 Å². The zero-order valence-electron chi connectivity index (χ0n) is 7.69. The predicted molar refractivity (Wildman–Crippen MR) is 51.3 cm³/mol. The molecule has 68 valence electrons. The second-order valence-electron chi connectivity index (χ2n) is 3.63. The molecule has 0 amide bonds. The first-order valence-corrected chi connectivity index (χ1v) is 4.52. The molecule has 14 heavy (non-hydrogen) atoms. The van der Waals surface area contributed by atoms with Crippen molar-refractivity contribution < 1.29 is 4.74 Å².